The summed E-state index contributed by atoms with van der Waals surface area (Å²) in [6.07, 6.45) is 0. The molecule has 3 heterocycles. The summed E-state index contributed by atoms with van der Waals surface area (Å²) >= 11 is 0. The maximum atomic E-state index is 9.30. The predicted molar refractivity (Wildman–Crippen MR) is 229 cm³/mol. The Kier molecular flexibility index (Phi) is 6.50. The lowest BCUT2D eigenvalue weighted by molar-refractivity contribution is 0.669. The zero-order chi connectivity index (χ0) is 40.5. The Morgan fingerprint density at radius 3 is 1.79 bits per heavy atom. The lowest BCUT2D eigenvalue weighted by Crippen LogP contribution is -2.06. The number of nitrogens with zero attached hydrogens (tertiary/aromatic N) is 4. The summed E-state index contributed by atoms with van der Waals surface area (Å²) in [7, 11) is 0. The average Bonchev–Trinajstić information content (AvgIpc) is 3.86. The monoisotopic (exact) mass is 720 g/mol. The van der Waals surface area contributed by atoms with E-state index in [-0.39, 0.29) is 35.6 Å². The Morgan fingerprint density at radius 1 is 0.393 bits per heavy atom. The van der Waals surface area contributed by atoms with E-state index < -0.39 is 0 Å². The number of hydrogen-bond acceptors (Lipinski definition) is 4. The van der Waals surface area contributed by atoms with Crippen LogP contribution in [-0.2, 0) is 0 Å². The number of fused-ring (bicyclic) bond motifs is 6. The van der Waals surface area contributed by atoms with Crippen molar-refractivity contribution in [3.8, 4) is 62.1 Å². The van der Waals surface area contributed by atoms with Gasteiger partial charge in [-0.3, -0.25) is 4.57 Å². The predicted octanol–water partition coefficient (Wildman–Crippen LogP) is 13.2. The Bertz CT molecular complexity index is 3470. The summed E-state index contributed by atoms with van der Waals surface area (Å²) in [6, 6.07) is 55.5. The molecule has 11 rings (SSSR count). The molecular formula is C51H32N4O. The average molecular weight is 721 g/mol. The standard InChI is InChI=1S/C51H32N4O/c1-3-13-33(14-4-1)34-23-25-36(26-24-34)49-52-50(38-27-29-43-42-20-10-12-22-47(42)56-48(43)32-38)54-51(53-49)55-45-21-11-9-19-41(45)44-31-37(28-30-46(44)55)40-18-8-7-17-39(40)35-15-5-2-6-16-35/h1-32H/i9D,11D,19D,21D. The molecule has 0 unspecified atom stereocenters. The van der Waals surface area contributed by atoms with E-state index in [1.807, 2.05) is 133 Å². The minimum atomic E-state index is -0.340. The molecule has 5 nitrogen and oxygen atoms in total. The molecule has 0 radical (unpaired) electrons. The maximum Gasteiger partial charge on any atom is 0.238 e. The fourth-order valence-electron chi connectivity index (χ4n) is 7.73. The van der Waals surface area contributed by atoms with Gasteiger partial charge in [-0.1, -0.05) is 158 Å². The lowest BCUT2D eigenvalue weighted by Gasteiger charge is -2.12. The van der Waals surface area contributed by atoms with Gasteiger partial charge in [-0.25, -0.2) is 4.98 Å². The van der Waals surface area contributed by atoms with E-state index in [0.29, 0.717) is 39.1 Å². The quantitative estimate of drug-likeness (QED) is 0.172. The van der Waals surface area contributed by atoms with Gasteiger partial charge < -0.3 is 4.42 Å². The lowest BCUT2D eigenvalue weighted by atomic mass is 9.94. The SMILES string of the molecule is [2H]c1c([2H])c([2H])c2c(c1[2H])c1cc(-c3ccccc3-c3ccccc3)ccc1n2-c1nc(-c2ccc(-c3ccccc3)cc2)nc(-c2ccc3c(c2)oc2ccccc23)n1. The van der Waals surface area contributed by atoms with Crippen molar-refractivity contribution in [3.63, 3.8) is 0 Å². The number of para-hydroxylation sites is 2. The first-order valence-electron chi connectivity index (χ1n) is 20.4. The molecule has 0 fully saturated rings. The second-order valence-corrected chi connectivity index (χ2v) is 13.7. The zero-order valence-corrected chi connectivity index (χ0v) is 29.9. The van der Waals surface area contributed by atoms with E-state index in [2.05, 4.69) is 36.4 Å². The molecule has 0 spiro atoms. The molecule has 0 atom stereocenters. The third-order valence-corrected chi connectivity index (χ3v) is 10.4. The first kappa shape index (κ1) is 27.9. The largest absolute Gasteiger partial charge is 0.456 e. The fraction of sp³-hybridized carbons (Fsp3) is 0. The third kappa shape index (κ3) is 5.37. The van der Waals surface area contributed by atoms with E-state index >= 15 is 0 Å². The molecule has 0 saturated heterocycles. The van der Waals surface area contributed by atoms with E-state index in [1.54, 1.807) is 4.57 Å². The van der Waals surface area contributed by atoms with Crippen LogP contribution >= 0.6 is 0 Å². The summed E-state index contributed by atoms with van der Waals surface area (Å²) in [5.41, 5.74) is 10.0. The molecule has 0 aliphatic carbocycles. The van der Waals surface area contributed by atoms with Crippen molar-refractivity contribution in [1.82, 2.24) is 19.5 Å². The number of hydrogen-bond donors (Lipinski definition) is 0. The second kappa shape index (κ2) is 13.0. The highest BCUT2D eigenvalue weighted by molar-refractivity contribution is 6.11. The van der Waals surface area contributed by atoms with Crippen LogP contribution < -0.4 is 0 Å². The first-order chi connectivity index (χ1) is 29.4. The Balaban J connectivity index is 1.17. The second-order valence-electron chi connectivity index (χ2n) is 13.7. The fourth-order valence-corrected chi connectivity index (χ4v) is 7.73. The van der Waals surface area contributed by atoms with Crippen LogP contribution in [0.15, 0.2) is 198 Å². The summed E-state index contributed by atoms with van der Waals surface area (Å²) in [4.78, 5) is 15.2. The smallest absolute Gasteiger partial charge is 0.238 e. The van der Waals surface area contributed by atoms with Crippen molar-refractivity contribution < 1.29 is 9.90 Å². The molecule has 0 amide bonds. The number of rotatable bonds is 6. The molecule has 0 bridgehead atoms. The van der Waals surface area contributed by atoms with Crippen molar-refractivity contribution in [2.45, 2.75) is 0 Å². The van der Waals surface area contributed by atoms with Gasteiger partial charge in [-0.2, -0.15) is 9.97 Å². The highest BCUT2D eigenvalue weighted by Crippen LogP contribution is 2.38. The van der Waals surface area contributed by atoms with E-state index in [1.165, 1.54) is 0 Å². The number of benzene rings is 8. The van der Waals surface area contributed by atoms with Crippen molar-refractivity contribution in [1.29, 1.82) is 0 Å². The summed E-state index contributed by atoms with van der Waals surface area (Å²) in [5.74, 6) is 1.01. The minimum absolute atomic E-state index is 0.135. The molecule has 3 aromatic heterocycles. The van der Waals surface area contributed by atoms with Crippen LogP contribution in [0.3, 0.4) is 0 Å². The van der Waals surface area contributed by atoms with Gasteiger partial charge in [0.05, 0.1) is 16.5 Å². The highest BCUT2D eigenvalue weighted by Gasteiger charge is 2.20. The molecule has 0 aliphatic rings. The Morgan fingerprint density at radius 2 is 0.982 bits per heavy atom. The summed E-state index contributed by atoms with van der Waals surface area (Å²) in [6.45, 7) is 0. The minimum Gasteiger partial charge on any atom is -0.456 e. The summed E-state index contributed by atoms with van der Waals surface area (Å²) < 4.78 is 44.1. The molecule has 0 aliphatic heterocycles. The molecule has 8 aromatic carbocycles. The van der Waals surface area contributed by atoms with Gasteiger partial charge in [0.15, 0.2) is 11.6 Å². The molecule has 0 N–H and O–H groups in total. The van der Waals surface area contributed by atoms with Crippen LogP contribution in [-0.4, -0.2) is 19.5 Å². The van der Waals surface area contributed by atoms with Gasteiger partial charge in [0.2, 0.25) is 5.95 Å². The zero-order valence-electron chi connectivity index (χ0n) is 33.9. The number of furan rings is 1. The molecule has 5 heteroatoms. The van der Waals surface area contributed by atoms with Crippen molar-refractivity contribution in [2.24, 2.45) is 0 Å². The van der Waals surface area contributed by atoms with Gasteiger partial charge in [0, 0.05) is 32.7 Å². The normalized spacial score (nSPS) is 12.6. The van der Waals surface area contributed by atoms with Crippen molar-refractivity contribution in [3.05, 3.63) is 194 Å². The van der Waals surface area contributed by atoms with Crippen LogP contribution in [0.2, 0.25) is 0 Å². The van der Waals surface area contributed by atoms with Gasteiger partial charge in [-0.15, -0.1) is 0 Å². The molecular weight excluding hydrogens is 685 g/mol. The number of aromatic nitrogens is 4. The summed E-state index contributed by atoms with van der Waals surface area (Å²) in [5, 5.41) is 3.02. The van der Waals surface area contributed by atoms with Gasteiger partial charge >= 0.3 is 0 Å². The highest BCUT2D eigenvalue weighted by atomic mass is 16.3. The van der Waals surface area contributed by atoms with E-state index in [0.717, 1.165) is 55.3 Å². The van der Waals surface area contributed by atoms with Gasteiger partial charge in [-0.05, 0) is 69.8 Å². The molecule has 262 valence electrons. The van der Waals surface area contributed by atoms with Gasteiger partial charge in [0.1, 0.15) is 11.2 Å². The van der Waals surface area contributed by atoms with Crippen LogP contribution in [0.5, 0.6) is 0 Å². The molecule has 0 saturated carbocycles. The van der Waals surface area contributed by atoms with Crippen LogP contribution in [0.25, 0.3) is 106 Å². The van der Waals surface area contributed by atoms with Crippen LogP contribution in [0.4, 0.5) is 0 Å². The van der Waals surface area contributed by atoms with Crippen LogP contribution in [0.1, 0.15) is 5.48 Å². The van der Waals surface area contributed by atoms with Crippen LogP contribution in [0, 0.1) is 0 Å². The molecule has 56 heavy (non-hydrogen) atoms. The third-order valence-electron chi connectivity index (χ3n) is 10.4. The molecule has 11 aromatic rings. The Hall–Kier alpha value is -7.63. The van der Waals surface area contributed by atoms with Gasteiger partial charge in [0.25, 0.3) is 0 Å². The Labute approximate surface area is 328 Å². The van der Waals surface area contributed by atoms with Crippen molar-refractivity contribution in [2.75, 3.05) is 0 Å². The van der Waals surface area contributed by atoms with E-state index in [4.69, 9.17) is 22.1 Å². The van der Waals surface area contributed by atoms with Crippen molar-refractivity contribution >= 4 is 43.7 Å². The maximum absolute atomic E-state index is 9.30. The van der Waals surface area contributed by atoms with E-state index in [9.17, 15) is 2.74 Å². The first-order valence-corrected chi connectivity index (χ1v) is 18.4. The topological polar surface area (TPSA) is 56.7 Å².